The minimum atomic E-state index is 0.0803. The summed E-state index contributed by atoms with van der Waals surface area (Å²) < 4.78 is 12.7. The molecule has 3 rings (SSSR count). The number of anilines is 1. The van der Waals surface area contributed by atoms with Crippen LogP contribution >= 0.6 is 0 Å². The number of nitrogens with zero attached hydrogens (tertiary/aromatic N) is 3. The zero-order valence-corrected chi connectivity index (χ0v) is 16.8. The van der Waals surface area contributed by atoms with Crippen LogP contribution in [-0.2, 0) is 11.3 Å². The SMILES string of the molecule is CCn1cc(NC(=O)C2CCN(CCCOc3ccc(OC)cc3)CC2)cn1. The van der Waals surface area contributed by atoms with E-state index < -0.39 is 0 Å². The number of piperidine rings is 1. The molecule has 1 aromatic heterocycles. The predicted octanol–water partition coefficient (Wildman–Crippen LogP) is 3.03. The number of rotatable bonds is 9. The molecule has 2 aromatic rings. The number of hydrogen-bond acceptors (Lipinski definition) is 5. The molecule has 1 aromatic carbocycles. The van der Waals surface area contributed by atoms with Gasteiger partial charge in [0.2, 0.25) is 5.91 Å². The number of benzene rings is 1. The molecule has 1 N–H and O–H groups in total. The second kappa shape index (κ2) is 10.1. The number of carbonyl (C=O) groups excluding carboxylic acids is 1. The molecule has 7 nitrogen and oxygen atoms in total. The van der Waals surface area contributed by atoms with Crippen LogP contribution in [0, 0.1) is 5.92 Å². The molecule has 1 fully saturated rings. The molecule has 0 saturated carbocycles. The lowest BCUT2D eigenvalue weighted by Gasteiger charge is -2.31. The number of carbonyl (C=O) groups is 1. The maximum Gasteiger partial charge on any atom is 0.227 e. The third-order valence-corrected chi connectivity index (χ3v) is 5.13. The lowest BCUT2D eigenvalue weighted by Crippen LogP contribution is -2.38. The van der Waals surface area contributed by atoms with Gasteiger partial charge in [0.15, 0.2) is 0 Å². The third kappa shape index (κ3) is 5.73. The normalized spacial score (nSPS) is 15.4. The van der Waals surface area contributed by atoms with E-state index in [0.717, 1.165) is 62.6 Å². The van der Waals surface area contributed by atoms with Crippen LogP contribution in [0.2, 0.25) is 0 Å². The van der Waals surface area contributed by atoms with Gasteiger partial charge >= 0.3 is 0 Å². The summed E-state index contributed by atoms with van der Waals surface area (Å²) in [7, 11) is 1.66. The van der Waals surface area contributed by atoms with E-state index in [4.69, 9.17) is 9.47 Å². The molecular formula is C21H30N4O3. The Bertz CT molecular complexity index is 736. The van der Waals surface area contributed by atoms with Crippen LogP contribution in [0.25, 0.3) is 0 Å². The molecular weight excluding hydrogens is 356 g/mol. The summed E-state index contributed by atoms with van der Waals surface area (Å²) in [5.41, 5.74) is 0.782. The van der Waals surface area contributed by atoms with Crippen molar-refractivity contribution < 1.29 is 14.3 Å². The Morgan fingerprint density at radius 3 is 2.57 bits per heavy atom. The minimum Gasteiger partial charge on any atom is -0.497 e. The molecule has 0 unspecified atom stereocenters. The van der Waals surface area contributed by atoms with Crippen molar-refractivity contribution in [3.63, 3.8) is 0 Å². The fourth-order valence-corrected chi connectivity index (χ4v) is 3.41. The molecule has 1 aliphatic heterocycles. The van der Waals surface area contributed by atoms with E-state index >= 15 is 0 Å². The Kier molecular flexibility index (Phi) is 7.31. The highest BCUT2D eigenvalue weighted by molar-refractivity contribution is 5.92. The zero-order valence-electron chi connectivity index (χ0n) is 16.8. The quantitative estimate of drug-likeness (QED) is 0.671. The second-order valence-corrected chi connectivity index (χ2v) is 7.07. The first-order valence-electron chi connectivity index (χ1n) is 10.0. The van der Waals surface area contributed by atoms with Gasteiger partial charge in [-0.05, 0) is 63.5 Å². The number of nitrogens with one attached hydrogen (secondary N) is 1. The van der Waals surface area contributed by atoms with Crippen molar-refractivity contribution in [2.24, 2.45) is 5.92 Å². The van der Waals surface area contributed by atoms with Crippen LogP contribution in [0.15, 0.2) is 36.7 Å². The molecule has 0 aliphatic carbocycles. The van der Waals surface area contributed by atoms with Crippen LogP contribution in [0.1, 0.15) is 26.2 Å². The summed E-state index contributed by atoms with van der Waals surface area (Å²) in [5.74, 6) is 1.89. The maximum atomic E-state index is 12.4. The van der Waals surface area contributed by atoms with E-state index in [9.17, 15) is 4.79 Å². The van der Waals surface area contributed by atoms with Gasteiger partial charge in [0.1, 0.15) is 11.5 Å². The van der Waals surface area contributed by atoms with Gasteiger partial charge in [0, 0.05) is 25.2 Å². The fourth-order valence-electron chi connectivity index (χ4n) is 3.41. The van der Waals surface area contributed by atoms with Crippen LogP contribution in [0.3, 0.4) is 0 Å². The fraction of sp³-hybridized carbons (Fsp3) is 0.524. The summed E-state index contributed by atoms with van der Waals surface area (Å²) >= 11 is 0. The third-order valence-electron chi connectivity index (χ3n) is 5.13. The number of ether oxygens (including phenoxy) is 2. The monoisotopic (exact) mass is 386 g/mol. The molecule has 1 amide bonds. The lowest BCUT2D eigenvalue weighted by atomic mass is 9.96. The first-order chi connectivity index (χ1) is 13.7. The second-order valence-electron chi connectivity index (χ2n) is 7.07. The summed E-state index contributed by atoms with van der Waals surface area (Å²) in [6, 6.07) is 7.65. The van der Waals surface area contributed by atoms with Crippen molar-refractivity contribution in [2.45, 2.75) is 32.7 Å². The van der Waals surface area contributed by atoms with E-state index in [1.807, 2.05) is 42.1 Å². The van der Waals surface area contributed by atoms with Crippen LogP contribution < -0.4 is 14.8 Å². The molecule has 0 radical (unpaired) electrons. The summed E-state index contributed by atoms with van der Waals surface area (Å²) in [6.07, 6.45) is 6.34. The molecule has 0 atom stereocenters. The van der Waals surface area contributed by atoms with Gasteiger partial charge in [0.05, 0.1) is 25.6 Å². The van der Waals surface area contributed by atoms with Crippen molar-refractivity contribution in [1.29, 1.82) is 0 Å². The molecule has 1 saturated heterocycles. The maximum absolute atomic E-state index is 12.4. The Labute approximate surface area is 166 Å². The predicted molar refractivity (Wildman–Crippen MR) is 109 cm³/mol. The van der Waals surface area contributed by atoms with E-state index in [1.54, 1.807) is 13.3 Å². The molecule has 28 heavy (non-hydrogen) atoms. The zero-order chi connectivity index (χ0) is 19.8. The topological polar surface area (TPSA) is 68.6 Å². The number of aromatic nitrogens is 2. The average Bonchev–Trinajstić information content (AvgIpc) is 3.19. The Morgan fingerprint density at radius 1 is 1.21 bits per heavy atom. The first-order valence-corrected chi connectivity index (χ1v) is 10.0. The Balaban J connectivity index is 1.31. The van der Waals surface area contributed by atoms with Gasteiger partial charge in [-0.25, -0.2) is 0 Å². The van der Waals surface area contributed by atoms with Gasteiger partial charge in [-0.15, -0.1) is 0 Å². The highest BCUT2D eigenvalue weighted by Gasteiger charge is 2.25. The number of aryl methyl sites for hydroxylation is 1. The molecule has 7 heteroatoms. The highest BCUT2D eigenvalue weighted by Crippen LogP contribution is 2.20. The Morgan fingerprint density at radius 2 is 1.93 bits per heavy atom. The lowest BCUT2D eigenvalue weighted by molar-refractivity contribution is -0.121. The van der Waals surface area contributed by atoms with E-state index in [2.05, 4.69) is 15.3 Å². The highest BCUT2D eigenvalue weighted by atomic mass is 16.5. The summed E-state index contributed by atoms with van der Waals surface area (Å²) in [5, 5.41) is 7.18. The van der Waals surface area contributed by atoms with E-state index in [0.29, 0.717) is 6.61 Å². The number of likely N-dealkylation sites (tertiary alicyclic amines) is 1. The van der Waals surface area contributed by atoms with Crippen LogP contribution in [0.5, 0.6) is 11.5 Å². The molecule has 0 spiro atoms. The largest absolute Gasteiger partial charge is 0.497 e. The van der Waals surface area contributed by atoms with Crippen LogP contribution in [-0.4, -0.2) is 53.9 Å². The van der Waals surface area contributed by atoms with Crippen molar-refractivity contribution in [3.05, 3.63) is 36.7 Å². The number of methoxy groups -OCH3 is 1. The van der Waals surface area contributed by atoms with E-state index in [-0.39, 0.29) is 11.8 Å². The molecule has 1 aliphatic rings. The van der Waals surface area contributed by atoms with Crippen molar-refractivity contribution in [2.75, 3.05) is 38.7 Å². The van der Waals surface area contributed by atoms with E-state index in [1.165, 1.54) is 0 Å². The molecule has 2 heterocycles. The standard InChI is InChI=1S/C21H30N4O3/c1-3-25-16-18(15-22-25)23-21(26)17-9-12-24(13-10-17)11-4-14-28-20-7-5-19(27-2)6-8-20/h5-8,15-17H,3-4,9-14H2,1-2H3,(H,23,26). The number of amides is 1. The summed E-state index contributed by atoms with van der Waals surface area (Å²) in [6.45, 7) is 6.42. The molecule has 0 bridgehead atoms. The van der Waals surface area contributed by atoms with Gasteiger partial charge in [0.25, 0.3) is 0 Å². The molecule has 152 valence electrons. The minimum absolute atomic E-state index is 0.0803. The Hall–Kier alpha value is -2.54. The van der Waals surface area contributed by atoms with Crippen LogP contribution in [0.4, 0.5) is 5.69 Å². The smallest absolute Gasteiger partial charge is 0.227 e. The van der Waals surface area contributed by atoms with Crippen molar-refractivity contribution in [3.8, 4) is 11.5 Å². The van der Waals surface area contributed by atoms with Gasteiger partial charge in [-0.3, -0.25) is 9.48 Å². The first kappa shape index (κ1) is 20.2. The van der Waals surface area contributed by atoms with Crippen molar-refractivity contribution >= 4 is 11.6 Å². The average molecular weight is 386 g/mol. The summed E-state index contributed by atoms with van der Waals surface area (Å²) in [4.78, 5) is 14.9. The number of hydrogen-bond donors (Lipinski definition) is 1. The van der Waals surface area contributed by atoms with Crippen molar-refractivity contribution in [1.82, 2.24) is 14.7 Å². The van der Waals surface area contributed by atoms with Gasteiger partial charge in [-0.1, -0.05) is 0 Å². The van der Waals surface area contributed by atoms with Gasteiger partial charge < -0.3 is 19.7 Å². The van der Waals surface area contributed by atoms with Gasteiger partial charge in [-0.2, -0.15) is 5.10 Å².